The quantitative estimate of drug-likeness (QED) is 0.688. The van der Waals surface area contributed by atoms with Gasteiger partial charge in [0, 0.05) is 0 Å². The summed E-state index contributed by atoms with van der Waals surface area (Å²) in [6, 6.07) is 0. The maximum atomic E-state index is 10.8. The van der Waals surface area contributed by atoms with Crippen molar-refractivity contribution < 1.29 is 5.11 Å². The number of hydrogen-bond donors (Lipinski definition) is 2. The molecular weight excluding hydrogens is 190 g/mol. The van der Waals surface area contributed by atoms with Gasteiger partial charge in [0.2, 0.25) is 5.88 Å². The van der Waals surface area contributed by atoms with Crippen molar-refractivity contribution in [2.45, 2.75) is 0 Å². The number of rotatable bonds is 1. The van der Waals surface area contributed by atoms with Crippen molar-refractivity contribution in [1.29, 1.82) is 0 Å². The van der Waals surface area contributed by atoms with E-state index in [2.05, 4.69) is 15.0 Å². The van der Waals surface area contributed by atoms with E-state index in [4.69, 9.17) is 0 Å². The van der Waals surface area contributed by atoms with Gasteiger partial charge in [-0.3, -0.25) is 9.78 Å². The molecule has 0 radical (unpaired) electrons. The summed E-state index contributed by atoms with van der Waals surface area (Å²) in [5.41, 5.74) is 0.616. The molecule has 13 heavy (non-hydrogen) atoms. The second-order valence-electron chi connectivity index (χ2n) is 2.32. The van der Waals surface area contributed by atoms with Crippen LogP contribution in [0.15, 0.2) is 20.5 Å². The Balaban J connectivity index is 2.42. The minimum atomic E-state index is -0.289. The zero-order valence-corrected chi connectivity index (χ0v) is 7.21. The highest BCUT2D eigenvalue weighted by atomic mass is 32.1. The lowest BCUT2D eigenvalue weighted by Gasteiger charge is -1.87. The van der Waals surface area contributed by atoms with E-state index < -0.39 is 0 Å². The van der Waals surface area contributed by atoms with Crippen LogP contribution in [0.5, 0.6) is 5.88 Å². The first-order chi connectivity index (χ1) is 6.25. The minimum Gasteiger partial charge on any atom is -0.493 e. The fraction of sp³-hybridized carbons (Fsp3) is 0. The zero-order valence-electron chi connectivity index (χ0n) is 6.39. The molecule has 6 heteroatoms. The molecule has 0 saturated heterocycles. The normalized spacial score (nSPS) is 17.4. The molecule has 0 amide bonds. The number of hydrogen-bond acceptors (Lipinski definition) is 5. The summed E-state index contributed by atoms with van der Waals surface area (Å²) >= 11 is 0.928. The Kier molecular flexibility index (Phi) is 1.82. The Hall–Kier alpha value is -1.69. The lowest BCUT2D eigenvalue weighted by Crippen LogP contribution is -1.89. The van der Waals surface area contributed by atoms with Gasteiger partial charge in [0.05, 0.1) is 16.8 Å². The fourth-order valence-corrected chi connectivity index (χ4v) is 1.56. The fourth-order valence-electron chi connectivity index (χ4n) is 0.882. The number of thiazole rings is 1. The molecule has 1 aromatic rings. The number of aromatic nitrogens is 1. The molecule has 2 N–H and O–H groups in total. The largest absolute Gasteiger partial charge is 0.493 e. The molecule has 66 valence electrons. The third kappa shape index (κ3) is 1.57. The van der Waals surface area contributed by atoms with Gasteiger partial charge < -0.3 is 5.11 Å². The smallest absolute Gasteiger partial charge is 0.307 e. The molecule has 0 fully saturated rings. The Morgan fingerprint density at radius 3 is 3.00 bits per heavy atom. The van der Waals surface area contributed by atoms with Gasteiger partial charge in [-0.1, -0.05) is 11.3 Å². The highest BCUT2D eigenvalue weighted by Gasteiger charge is 2.05. The zero-order chi connectivity index (χ0) is 9.26. The highest BCUT2D eigenvalue weighted by molar-refractivity contribution is 7.10. The second kappa shape index (κ2) is 2.98. The SMILES string of the molecule is O=c1[nH]c(O)c(/C=C2/C=NC=N2)s1. The van der Waals surface area contributed by atoms with Crippen molar-refractivity contribution in [2.24, 2.45) is 9.98 Å². The average Bonchev–Trinajstić information content (AvgIpc) is 2.63. The van der Waals surface area contributed by atoms with Gasteiger partial charge >= 0.3 is 4.87 Å². The third-order valence-corrected chi connectivity index (χ3v) is 2.23. The van der Waals surface area contributed by atoms with Crippen molar-refractivity contribution in [3.8, 4) is 5.88 Å². The summed E-state index contributed by atoms with van der Waals surface area (Å²) in [5, 5.41) is 9.21. The van der Waals surface area contributed by atoms with Crippen LogP contribution in [0.3, 0.4) is 0 Å². The lowest BCUT2D eigenvalue weighted by molar-refractivity contribution is 0.455. The van der Waals surface area contributed by atoms with Crippen LogP contribution in [0.25, 0.3) is 6.08 Å². The molecule has 0 aliphatic carbocycles. The molecule has 0 spiro atoms. The maximum Gasteiger partial charge on any atom is 0.307 e. The molecule has 1 aromatic heterocycles. The van der Waals surface area contributed by atoms with Gasteiger partial charge in [-0.05, 0) is 6.08 Å². The van der Waals surface area contributed by atoms with E-state index >= 15 is 0 Å². The molecule has 5 nitrogen and oxygen atoms in total. The van der Waals surface area contributed by atoms with Gasteiger partial charge in [-0.2, -0.15) is 0 Å². The highest BCUT2D eigenvalue weighted by Crippen LogP contribution is 2.19. The predicted molar refractivity (Wildman–Crippen MR) is 51.6 cm³/mol. The number of aromatic hydroxyl groups is 1. The standard InChI is InChI=1S/C7H5N3O2S/c11-6-5(13-7(12)10-6)1-4-2-8-3-9-4/h1-3,11H,(H,10,12)/b4-1-. The topological polar surface area (TPSA) is 77.8 Å². The number of nitrogens with zero attached hydrogens (tertiary/aromatic N) is 2. The van der Waals surface area contributed by atoms with E-state index in [9.17, 15) is 9.90 Å². The minimum absolute atomic E-state index is 0.127. The molecule has 0 aromatic carbocycles. The summed E-state index contributed by atoms with van der Waals surface area (Å²) in [4.78, 5) is 20.8. The van der Waals surface area contributed by atoms with Crippen LogP contribution in [0, 0.1) is 0 Å². The maximum absolute atomic E-state index is 10.8. The Morgan fingerprint density at radius 1 is 1.62 bits per heavy atom. The van der Waals surface area contributed by atoms with Crippen molar-refractivity contribution >= 4 is 30.0 Å². The lowest BCUT2D eigenvalue weighted by atomic mass is 10.4. The van der Waals surface area contributed by atoms with Crippen LogP contribution in [-0.2, 0) is 0 Å². The molecular formula is C7H5N3O2S. The van der Waals surface area contributed by atoms with Crippen molar-refractivity contribution in [3.05, 3.63) is 20.2 Å². The van der Waals surface area contributed by atoms with Gasteiger partial charge in [-0.15, -0.1) is 0 Å². The summed E-state index contributed by atoms with van der Waals surface area (Å²) in [5.74, 6) is -0.127. The Labute approximate surface area is 76.8 Å². The third-order valence-electron chi connectivity index (χ3n) is 1.42. The van der Waals surface area contributed by atoms with Crippen LogP contribution in [0.1, 0.15) is 4.88 Å². The van der Waals surface area contributed by atoms with E-state index in [0.717, 1.165) is 11.3 Å². The van der Waals surface area contributed by atoms with Crippen LogP contribution in [0.4, 0.5) is 0 Å². The molecule has 0 bridgehead atoms. The summed E-state index contributed by atoms with van der Waals surface area (Å²) in [7, 11) is 0. The van der Waals surface area contributed by atoms with Gasteiger partial charge in [0.25, 0.3) is 0 Å². The molecule has 1 aliphatic heterocycles. The van der Waals surface area contributed by atoms with Crippen LogP contribution in [0.2, 0.25) is 0 Å². The Bertz CT molecular complexity index is 452. The Morgan fingerprint density at radius 2 is 2.46 bits per heavy atom. The summed E-state index contributed by atoms with van der Waals surface area (Å²) in [6.07, 6.45) is 4.53. The molecule has 2 rings (SSSR count). The summed E-state index contributed by atoms with van der Waals surface area (Å²) in [6.45, 7) is 0. The summed E-state index contributed by atoms with van der Waals surface area (Å²) < 4.78 is 0. The average molecular weight is 195 g/mol. The van der Waals surface area contributed by atoms with Crippen LogP contribution >= 0.6 is 11.3 Å². The molecule has 1 aliphatic rings. The number of H-pyrrole nitrogens is 1. The molecule has 0 saturated carbocycles. The first-order valence-electron chi connectivity index (χ1n) is 3.45. The first kappa shape index (κ1) is 7.93. The number of nitrogens with one attached hydrogen (secondary N) is 1. The number of aromatic amines is 1. The first-order valence-corrected chi connectivity index (χ1v) is 4.27. The van der Waals surface area contributed by atoms with E-state index in [0.29, 0.717) is 10.6 Å². The molecule has 0 atom stereocenters. The number of aliphatic imine (C=N–C) groups is 2. The number of allylic oxidation sites excluding steroid dienone is 1. The van der Waals surface area contributed by atoms with Gasteiger partial charge in [0.15, 0.2) is 0 Å². The van der Waals surface area contributed by atoms with Crippen molar-refractivity contribution in [2.75, 3.05) is 0 Å². The van der Waals surface area contributed by atoms with E-state index in [1.54, 1.807) is 12.3 Å². The van der Waals surface area contributed by atoms with Gasteiger partial charge in [-0.25, -0.2) is 9.98 Å². The monoisotopic (exact) mass is 195 g/mol. The van der Waals surface area contributed by atoms with E-state index in [1.807, 2.05) is 0 Å². The van der Waals surface area contributed by atoms with E-state index in [-0.39, 0.29) is 10.8 Å². The second-order valence-corrected chi connectivity index (χ2v) is 3.33. The molecule has 0 unspecified atom stereocenters. The van der Waals surface area contributed by atoms with Crippen LogP contribution in [-0.4, -0.2) is 22.6 Å². The van der Waals surface area contributed by atoms with Crippen molar-refractivity contribution in [1.82, 2.24) is 4.98 Å². The van der Waals surface area contributed by atoms with Crippen molar-refractivity contribution in [3.63, 3.8) is 0 Å². The molecule has 2 heterocycles. The van der Waals surface area contributed by atoms with E-state index in [1.165, 1.54) is 6.34 Å². The van der Waals surface area contributed by atoms with Gasteiger partial charge in [0.1, 0.15) is 6.34 Å². The predicted octanol–water partition coefficient (Wildman–Crippen LogP) is 0.596. The van der Waals surface area contributed by atoms with Crippen LogP contribution < -0.4 is 4.87 Å².